The highest BCUT2D eigenvalue weighted by Crippen LogP contribution is 2.48. The fraction of sp³-hybridized carbons (Fsp3) is 0.429. The first-order chi connectivity index (χ1) is 12.2. The molecular weight excluding hydrogens is 458 g/mol. The van der Waals surface area contributed by atoms with Gasteiger partial charge in [0, 0.05) is 27.5 Å². The number of hydrogen-bond acceptors (Lipinski definition) is 2. The Morgan fingerprint density at radius 3 is 2.08 bits per heavy atom. The van der Waals surface area contributed by atoms with Gasteiger partial charge in [-0.05, 0) is 73.9 Å². The van der Waals surface area contributed by atoms with E-state index in [4.69, 9.17) is 0 Å². The molecule has 1 aliphatic heterocycles. The van der Waals surface area contributed by atoms with E-state index in [1.54, 1.807) is 0 Å². The van der Waals surface area contributed by atoms with Crippen molar-refractivity contribution in [2.45, 2.75) is 48.3 Å². The van der Waals surface area contributed by atoms with Gasteiger partial charge >= 0.3 is 0 Å². The normalized spacial score (nSPS) is 12.8. The summed E-state index contributed by atoms with van der Waals surface area (Å²) in [6, 6.07) is 14.0. The summed E-state index contributed by atoms with van der Waals surface area (Å²) in [7, 11) is 2.20. The Kier molecular flexibility index (Phi) is 7.32. The Morgan fingerprint density at radius 1 is 0.760 bits per heavy atom. The fourth-order valence-electron chi connectivity index (χ4n) is 3.24. The maximum absolute atomic E-state index is 3.52. The van der Waals surface area contributed by atoms with Crippen molar-refractivity contribution in [1.82, 2.24) is 0 Å². The van der Waals surface area contributed by atoms with E-state index in [2.05, 4.69) is 80.2 Å². The van der Waals surface area contributed by atoms with Gasteiger partial charge in [-0.1, -0.05) is 55.8 Å². The van der Waals surface area contributed by atoms with Crippen molar-refractivity contribution < 1.29 is 0 Å². The molecule has 0 radical (unpaired) electrons. The molecule has 134 valence electrons. The van der Waals surface area contributed by atoms with Crippen LogP contribution in [0, 0.1) is 0 Å². The van der Waals surface area contributed by atoms with E-state index in [1.165, 1.54) is 64.4 Å². The molecule has 0 bridgehead atoms. The van der Waals surface area contributed by atoms with Crippen LogP contribution in [0.5, 0.6) is 0 Å². The number of rotatable bonds is 8. The highest BCUT2D eigenvalue weighted by Gasteiger charge is 2.21. The molecule has 0 aromatic heterocycles. The van der Waals surface area contributed by atoms with Crippen LogP contribution in [0.4, 0.5) is 11.4 Å². The highest BCUT2D eigenvalue weighted by atomic mass is 79.9. The molecular formula is C21H25Br2NS. The van der Waals surface area contributed by atoms with Gasteiger partial charge in [-0.15, -0.1) is 0 Å². The Balaban J connectivity index is 1.77. The van der Waals surface area contributed by atoms with E-state index in [9.17, 15) is 0 Å². The number of fused-ring (bicyclic) bond motifs is 2. The van der Waals surface area contributed by atoms with E-state index in [0.29, 0.717) is 0 Å². The summed E-state index contributed by atoms with van der Waals surface area (Å²) < 4.78 is 0. The first-order valence-corrected chi connectivity index (χ1v) is 12.1. The molecule has 1 nitrogen and oxygen atoms in total. The molecule has 0 amide bonds. The van der Waals surface area contributed by atoms with Gasteiger partial charge in [-0.2, -0.15) is 0 Å². The van der Waals surface area contributed by atoms with Gasteiger partial charge < -0.3 is 4.90 Å². The van der Waals surface area contributed by atoms with E-state index >= 15 is 0 Å². The van der Waals surface area contributed by atoms with Gasteiger partial charge in [0.15, 0.2) is 0 Å². The molecule has 0 saturated heterocycles. The number of benzene rings is 2. The van der Waals surface area contributed by atoms with Crippen molar-refractivity contribution in [1.29, 1.82) is 0 Å². The second-order valence-electron chi connectivity index (χ2n) is 6.56. The maximum Gasteiger partial charge on any atom is 0.0552 e. The predicted molar refractivity (Wildman–Crippen MR) is 119 cm³/mol. The lowest BCUT2D eigenvalue weighted by atomic mass is 10.1. The molecule has 1 heterocycles. The Hall–Kier alpha value is -0.450. The number of halogens is 2. The fourth-order valence-corrected chi connectivity index (χ4v) is 5.22. The van der Waals surface area contributed by atoms with Crippen LogP contribution in [0.25, 0.3) is 0 Å². The SMILES string of the molecule is CN1c2ccc(CCCCBr)cc2Sc2ccc(CCCCBr)cc21. The zero-order chi connectivity index (χ0) is 17.6. The standard InChI is InChI=1S/C21H25Br2NS/c1-24-18-10-8-17(7-3-5-13-23)15-21(18)25-20-11-9-16(14-19(20)24)6-2-4-12-22/h8-11,14-15H,2-7,12-13H2,1H3. The minimum Gasteiger partial charge on any atom is -0.343 e. The number of anilines is 2. The summed E-state index contributed by atoms with van der Waals surface area (Å²) in [6.07, 6.45) is 7.31. The van der Waals surface area contributed by atoms with E-state index < -0.39 is 0 Å². The van der Waals surface area contributed by atoms with Crippen molar-refractivity contribution in [2.75, 3.05) is 22.6 Å². The molecule has 4 heteroatoms. The van der Waals surface area contributed by atoms with Gasteiger partial charge in [0.25, 0.3) is 0 Å². The van der Waals surface area contributed by atoms with Crippen LogP contribution in [0.3, 0.4) is 0 Å². The van der Waals surface area contributed by atoms with Gasteiger partial charge in [0.2, 0.25) is 0 Å². The van der Waals surface area contributed by atoms with Gasteiger partial charge in [-0.3, -0.25) is 0 Å². The number of aryl methyl sites for hydroxylation is 2. The molecule has 0 saturated carbocycles. The first-order valence-electron chi connectivity index (χ1n) is 9.02. The Bertz CT molecular complexity index is 717. The molecule has 2 aromatic rings. The topological polar surface area (TPSA) is 3.24 Å². The third kappa shape index (κ3) is 4.84. The Morgan fingerprint density at radius 2 is 1.40 bits per heavy atom. The molecule has 0 atom stereocenters. The van der Waals surface area contributed by atoms with Gasteiger partial charge in [-0.25, -0.2) is 0 Å². The number of unbranched alkanes of at least 4 members (excludes halogenated alkanes) is 2. The van der Waals surface area contributed by atoms with Crippen molar-refractivity contribution in [3.8, 4) is 0 Å². The molecule has 0 spiro atoms. The summed E-state index contributed by atoms with van der Waals surface area (Å²) in [4.78, 5) is 5.12. The van der Waals surface area contributed by atoms with Gasteiger partial charge in [0.05, 0.1) is 11.4 Å². The average Bonchev–Trinajstić information content (AvgIpc) is 2.63. The minimum atomic E-state index is 1.10. The van der Waals surface area contributed by atoms with Crippen molar-refractivity contribution >= 4 is 55.0 Å². The monoisotopic (exact) mass is 481 g/mol. The quantitative estimate of drug-likeness (QED) is 0.285. The van der Waals surface area contributed by atoms with E-state index in [0.717, 1.165) is 17.1 Å². The first kappa shape index (κ1) is 19.3. The lowest BCUT2D eigenvalue weighted by molar-refractivity contribution is 0.803. The smallest absolute Gasteiger partial charge is 0.0552 e. The van der Waals surface area contributed by atoms with E-state index in [1.807, 2.05) is 11.8 Å². The highest BCUT2D eigenvalue weighted by molar-refractivity contribution is 9.09. The summed E-state index contributed by atoms with van der Waals surface area (Å²) in [5.41, 5.74) is 5.58. The summed E-state index contributed by atoms with van der Waals surface area (Å²) in [6.45, 7) is 0. The van der Waals surface area contributed by atoms with Crippen molar-refractivity contribution in [3.05, 3.63) is 47.5 Å². The van der Waals surface area contributed by atoms with Crippen LogP contribution in [-0.2, 0) is 12.8 Å². The molecule has 3 rings (SSSR count). The zero-order valence-corrected chi connectivity index (χ0v) is 18.7. The number of nitrogens with zero attached hydrogens (tertiary/aromatic N) is 1. The Labute approximate surface area is 172 Å². The predicted octanol–water partition coefficient (Wildman–Crippen LogP) is 7.35. The molecule has 2 aromatic carbocycles. The summed E-state index contributed by atoms with van der Waals surface area (Å²) >= 11 is 8.96. The second kappa shape index (κ2) is 9.48. The summed E-state index contributed by atoms with van der Waals surface area (Å²) in [5, 5.41) is 2.19. The lowest BCUT2D eigenvalue weighted by Gasteiger charge is -2.30. The van der Waals surface area contributed by atoms with Crippen LogP contribution in [-0.4, -0.2) is 17.7 Å². The molecule has 0 fully saturated rings. The van der Waals surface area contributed by atoms with Crippen LogP contribution in [0.2, 0.25) is 0 Å². The van der Waals surface area contributed by atoms with E-state index in [-0.39, 0.29) is 0 Å². The molecule has 0 N–H and O–H groups in total. The second-order valence-corrected chi connectivity index (χ2v) is 9.23. The van der Waals surface area contributed by atoms with Crippen molar-refractivity contribution in [3.63, 3.8) is 0 Å². The van der Waals surface area contributed by atoms with Crippen LogP contribution in [0.15, 0.2) is 46.2 Å². The molecule has 25 heavy (non-hydrogen) atoms. The molecule has 1 aliphatic rings. The maximum atomic E-state index is 3.52. The van der Waals surface area contributed by atoms with Crippen LogP contribution < -0.4 is 4.90 Å². The number of alkyl halides is 2. The third-order valence-corrected chi connectivity index (χ3v) is 6.92. The third-order valence-electron chi connectivity index (χ3n) is 4.69. The number of hydrogen-bond donors (Lipinski definition) is 0. The lowest BCUT2D eigenvalue weighted by Crippen LogP contribution is -2.15. The minimum absolute atomic E-state index is 1.10. The van der Waals surface area contributed by atoms with Crippen LogP contribution >= 0.6 is 43.6 Å². The largest absolute Gasteiger partial charge is 0.343 e. The van der Waals surface area contributed by atoms with Crippen LogP contribution in [0.1, 0.15) is 36.8 Å². The summed E-state index contributed by atoms with van der Waals surface area (Å²) in [5.74, 6) is 0. The van der Waals surface area contributed by atoms with Crippen molar-refractivity contribution in [2.24, 2.45) is 0 Å². The molecule has 0 unspecified atom stereocenters. The molecule has 0 aliphatic carbocycles. The van der Waals surface area contributed by atoms with Gasteiger partial charge in [0.1, 0.15) is 0 Å². The average molecular weight is 483 g/mol. The zero-order valence-electron chi connectivity index (χ0n) is 14.7.